The molecule has 0 bridgehead atoms. The Morgan fingerprint density at radius 1 is 1.36 bits per heavy atom. The molecule has 0 fully saturated rings. The number of imidazole rings is 1. The van der Waals surface area contributed by atoms with Crippen molar-refractivity contribution in [3.8, 4) is 11.3 Å². The molecule has 0 saturated carbocycles. The summed E-state index contributed by atoms with van der Waals surface area (Å²) in [4.78, 5) is 41.5. The number of benzene rings is 1. The molecule has 1 unspecified atom stereocenters. The van der Waals surface area contributed by atoms with Crippen LogP contribution in [-0.2, 0) is 22.4 Å². The standard InChI is InChI=1S/C19H17N3O6/c1-2-28-14(19(26)27)6-9-3-4-11-10(5-9)7-13-15(11)21-17(23)16-20-12(18(24)25)8-22(13)16/h3-5,8,14H,2,6-7H2,1H3,(H,21,23)(H,24,25)(H,26,27). The van der Waals surface area contributed by atoms with Gasteiger partial charge in [0.15, 0.2) is 11.8 Å². The van der Waals surface area contributed by atoms with Gasteiger partial charge in [-0.15, -0.1) is 0 Å². The molecule has 9 heteroatoms. The highest BCUT2D eigenvalue weighted by molar-refractivity contribution is 5.86. The molecule has 3 aromatic rings. The summed E-state index contributed by atoms with van der Waals surface area (Å²) in [5.74, 6) is -2.22. The fourth-order valence-corrected chi connectivity index (χ4v) is 3.58. The molecule has 1 aliphatic rings. The molecule has 0 aliphatic heterocycles. The third-order valence-corrected chi connectivity index (χ3v) is 4.81. The molecule has 1 aliphatic carbocycles. The molecule has 4 rings (SSSR count). The molecule has 28 heavy (non-hydrogen) atoms. The first-order valence-corrected chi connectivity index (χ1v) is 8.73. The summed E-state index contributed by atoms with van der Waals surface area (Å²) in [5.41, 5.74) is 3.28. The fraction of sp³-hybridized carbons (Fsp3) is 0.263. The van der Waals surface area contributed by atoms with Crippen molar-refractivity contribution in [1.29, 1.82) is 0 Å². The van der Waals surface area contributed by atoms with Gasteiger partial charge in [-0.2, -0.15) is 0 Å². The third-order valence-electron chi connectivity index (χ3n) is 4.81. The van der Waals surface area contributed by atoms with Crippen molar-refractivity contribution >= 4 is 17.6 Å². The smallest absolute Gasteiger partial charge is 0.356 e. The van der Waals surface area contributed by atoms with Gasteiger partial charge in [0.25, 0.3) is 5.56 Å². The van der Waals surface area contributed by atoms with E-state index in [1.165, 1.54) is 10.6 Å². The number of nitrogens with one attached hydrogen (secondary N) is 1. The maximum Gasteiger partial charge on any atom is 0.356 e. The Labute approximate surface area is 158 Å². The summed E-state index contributed by atoms with van der Waals surface area (Å²) in [6.07, 6.45) is 1.11. The number of hydrogen-bond donors (Lipinski definition) is 3. The number of fused-ring (bicyclic) bond motifs is 5. The first kappa shape index (κ1) is 17.9. The Bertz CT molecular complexity index is 1180. The molecule has 2 heterocycles. The van der Waals surface area contributed by atoms with E-state index in [1.807, 2.05) is 18.2 Å². The second-order valence-electron chi connectivity index (χ2n) is 6.56. The number of aromatic nitrogens is 3. The molecule has 1 aromatic carbocycles. The van der Waals surface area contributed by atoms with Gasteiger partial charge in [-0.1, -0.05) is 18.2 Å². The van der Waals surface area contributed by atoms with Gasteiger partial charge in [0.1, 0.15) is 0 Å². The van der Waals surface area contributed by atoms with Gasteiger partial charge in [0.2, 0.25) is 5.65 Å². The molecule has 0 spiro atoms. The predicted molar refractivity (Wildman–Crippen MR) is 97.8 cm³/mol. The van der Waals surface area contributed by atoms with Gasteiger partial charge in [0, 0.05) is 31.2 Å². The lowest BCUT2D eigenvalue weighted by Gasteiger charge is -2.13. The molecular weight excluding hydrogens is 366 g/mol. The van der Waals surface area contributed by atoms with E-state index < -0.39 is 23.6 Å². The van der Waals surface area contributed by atoms with E-state index >= 15 is 0 Å². The van der Waals surface area contributed by atoms with Crippen LogP contribution in [0.2, 0.25) is 0 Å². The maximum atomic E-state index is 12.3. The summed E-state index contributed by atoms with van der Waals surface area (Å²) < 4.78 is 6.78. The minimum atomic E-state index is -1.20. The summed E-state index contributed by atoms with van der Waals surface area (Å²) in [5, 5.41) is 18.4. The van der Waals surface area contributed by atoms with E-state index in [0.717, 1.165) is 22.4 Å². The molecule has 1 atom stereocenters. The topological polar surface area (TPSA) is 134 Å². The van der Waals surface area contributed by atoms with E-state index in [-0.39, 0.29) is 17.8 Å². The number of ether oxygens (including phenoxy) is 1. The van der Waals surface area contributed by atoms with Crippen LogP contribution in [0, 0.1) is 0 Å². The van der Waals surface area contributed by atoms with Crippen molar-refractivity contribution in [3.05, 3.63) is 57.3 Å². The number of H-pyrrole nitrogens is 1. The van der Waals surface area contributed by atoms with Gasteiger partial charge < -0.3 is 19.9 Å². The second kappa shape index (κ2) is 6.61. The van der Waals surface area contributed by atoms with E-state index in [0.29, 0.717) is 18.7 Å². The Hall–Kier alpha value is -3.46. The van der Waals surface area contributed by atoms with Crippen LogP contribution in [-0.4, -0.2) is 49.2 Å². The number of aliphatic carboxylic acids is 1. The number of carboxylic acids is 2. The second-order valence-corrected chi connectivity index (χ2v) is 6.56. The van der Waals surface area contributed by atoms with E-state index in [2.05, 4.69) is 9.97 Å². The largest absolute Gasteiger partial charge is 0.479 e. The van der Waals surface area contributed by atoms with Crippen LogP contribution in [0.1, 0.15) is 34.2 Å². The molecule has 3 N–H and O–H groups in total. The minimum absolute atomic E-state index is 0.0338. The quantitative estimate of drug-likeness (QED) is 0.457. The van der Waals surface area contributed by atoms with Crippen molar-refractivity contribution in [1.82, 2.24) is 14.4 Å². The third kappa shape index (κ3) is 2.85. The highest BCUT2D eigenvalue weighted by Crippen LogP contribution is 2.35. The zero-order valence-corrected chi connectivity index (χ0v) is 14.9. The first-order chi connectivity index (χ1) is 13.4. The Morgan fingerprint density at radius 2 is 2.14 bits per heavy atom. The molecule has 0 saturated heterocycles. The Balaban J connectivity index is 1.75. The van der Waals surface area contributed by atoms with Gasteiger partial charge >= 0.3 is 11.9 Å². The number of carboxylic acid groups (broad SMARTS) is 2. The monoisotopic (exact) mass is 383 g/mol. The van der Waals surface area contributed by atoms with Gasteiger partial charge in [-0.05, 0) is 18.1 Å². The van der Waals surface area contributed by atoms with Crippen molar-refractivity contribution in [2.24, 2.45) is 0 Å². The SMILES string of the molecule is CCOC(Cc1ccc2c(c1)Cc1c-2[nH]c(=O)c2nc(C(=O)O)cn12)C(=O)O. The average Bonchev–Trinajstić information content (AvgIpc) is 3.23. The summed E-state index contributed by atoms with van der Waals surface area (Å²) in [6, 6.07) is 5.53. The lowest BCUT2D eigenvalue weighted by molar-refractivity contribution is -0.149. The van der Waals surface area contributed by atoms with Gasteiger partial charge in [-0.25, -0.2) is 14.6 Å². The lowest BCUT2D eigenvalue weighted by Crippen LogP contribution is -2.26. The van der Waals surface area contributed by atoms with Gasteiger partial charge in [-0.3, -0.25) is 9.20 Å². The van der Waals surface area contributed by atoms with Crippen LogP contribution in [0.3, 0.4) is 0 Å². The molecule has 9 nitrogen and oxygen atoms in total. The van der Waals surface area contributed by atoms with Crippen LogP contribution in [0.15, 0.2) is 29.2 Å². The number of aromatic carboxylic acids is 1. The zero-order chi connectivity index (χ0) is 20.0. The van der Waals surface area contributed by atoms with Crippen molar-refractivity contribution in [2.75, 3.05) is 6.61 Å². The molecule has 144 valence electrons. The number of carbonyl (C=O) groups is 2. The molecular formula is C19H17N3O6. The van der Waals surface area contributed by atoms with Crippen molar-refractivity contribution < 1.29 is 24.5 Å². The number of rotatable bonds is 6. The highest BCUT2D eigenvalue weighted by Gasteiger charge is 2.26. The van der Waals surface area contributed by atoms with Crippen LogP contribution < -0.4 is 5.56 Å². The Morgan fingerprint density at radius 3 is 2.82 bits per heavy atom. The average molecular weight is 383 g/mol. The normalized spacial score (nSPS) is 13.3. The molecule has 0 amide bonds. The van der Waals surface area contributed by atoms with Crippen LogP contribution in [0.25, 0.3) is 16.9 Å². The van der Waals surface area contributed by atoms with Gasteiger partial charge in [0.05, 0.1) is 11.4 Å². The van der Waals surface area contributed by atoms with E-state index in [1.54, 1.807) is 6.92 Å². The maximum absolute atomic E-state index is 12.3. The van der Waals surface area contributed by atoms with E-state index in [4.69, 9.17) is 9.84 Å². The highest BCUT2D eigenvalue weighted by atomic mass is 16.5. The van der Waals surface area contributed by atoms with Crippen LogP contribution in [0.5, 0.6) is 0 Å². The number of hydrogen-bond acceptors (Lipinski definition) is 5. The predicted octanol–water partition coefficient (Wildman–Crippen LogP) is 1.32. The van der Waals surface area contributed by atoms with Crippen LogP contribution >= 0.6 is 0 Å². The Kier molecular flexibility index (Phi) is 4.23. The zero-order valence-electron chi connectivity index (χ0n) is 14.9. The number of nitrogens with zero attached hydrogens (tertiary/aromatic N) is 2. The molecule has 0 radical (unpaired) electrons. The van der Waals surface area contributed by atoms with Crippen molar-refractivity contribution in [3.63, 3.8) is 0 Å². The number of aromatic amines is 1. The summed E-state index contributed by atoms with van der Waals surface area (Å²) in [6.45, 7) is 2.05. The van der Waals surface area contributed by atoms with Crippen LogP contribution in [0.4, 0.5) is 0 Å². The van der Waals surface area contributed by atoms with Crippen molar-refractivity contribution in [2.45, 2.75) is 25.9 Å². The molecule has 2 aromatic heterocycles. The fourth-order valence-electron chi connectivity index (χ4n) is 3.58. The summed E-state index contributed by atoms with van der Waals surface area (Å²) in [7, 11) is 0. The summed E-state index contributed by atoms with van der Waals surface area (Å²) >= 11 is 0. The lowest BCUT2D eigenvalue weighted by atomic mass is 10.0. The first-order valence-electron chi connectivity index (χ1n) is 8.73. The van der Waals surface area contributed by atoms with E-state index in [9.17, 15) is 19.5 Å². The minimum Gasteiger partial charge on any atom is -0.479 e.